The highest BCUT2D eigenvalue weighted by Gasteiger charge is 2.35. The van der Waals surface area contributed by atoms with E-state index >= 15 is 0 Å². The summed E-state index contributed by atoms with van der Waals surface area (Å²) in [5, 5.41) is 1.99. The van der Waals surface area contributed by atoms with Gasteiger partial charge in [0.15, 0.2) is 9.84 Å². The van der Waals surface area contributed by atoms with Crippen molar-refractivity contribution in [3.8, 4) is 0 Å². The molecule has 0 aromatic heterocycles. The van der Waals surface area contributed by atoms with Crippen LogP contribution in [0.5, 0.6) is 0 Å². The van der Waals surface area contributed by atoms with Crippen molar-refractivity contribution >= 4 is 33.5 Å². The van der Waals surface area contributed by atoms with Gasteiger partial charge in [-0.25, -0.2) is 22.8 Å². The fourth-order valence-electron chi connectivity index (χ4n) is 3.59. The zero-order valence-electron chi connectivity index (χ0n) is 17.7. The molecule has 2 amide bonds. The van der Waals surface area contributed by atoms with Gasteiger partial charge < -0.3 is 19.7 Å². The van der Waals surface area contributed by atoms with Crippen molar-refractivity contribution in [2.24, 2.45) is 0 Å². The molecule has 0 atom stereocenters. The van der Waals surface area contributed by atoms with Crippen LogP contribution in [-0.2, 0) is 19.3 Å². The molecule has 0 bridgehead atoms. The van der Waals surface area contributed by atoms with E-state index in [1.807, 2.05) is 0 Å². The number of anilines is 1. The van der Waals surface area contributed by atoms with Gasteiger partial charge in [-0.05, 0) is 43.2 Å². The Labute approximate surface area is 186 Å². The smallest absolute Gasteiger partial charge is 0.339 e. The number of likely N-dealkylation sites (tertiary alicyclic amines) is 1. The largest absolute Gasteiger partial charge is 0.465 e. The minimum Gasteiger partial charge on any atom is -0.465 e. The zero-order valence-corrected chi connectivity index (χ0v) is 18.6. The van der Waals surface area contributed by atoms with Gasteiger partial charge in [0.1, 0.15) is 0 Å². The quantitative estimate of drug-likeness (QED) is 0.682. The Morgan fingerprint density at radius 2 is 1.59 bits per heavy atom. The summed E-state index contributed by atoms with van der Waals surface area (Å²) in [4.78, 5) is 37.7. The number of carbonyl (C=O) groups is 3. The minimum atomic E-state index is -3.78. The van der Waals surface area contributed by atoms with Crippen molar-refractivity contribution in [3.05, 3.63) is 59.7 Å². The molecule has 2 aromatic carbocycles. The highest BCUT2D eigenvalue weighted by Crippen LogP contribution is 2.28. The van der Waals surface area contributed by atoms with Crippen molar-refractivity contribution in [1.29, 1.82) is 0 Å². The van der Waals surface area contributed by atoms with Gasteiger partial charge in [0.2, 0.25) is 0 Å². The second-order valence-electron chi connectivity index (χ2n) is 7.22. The first kappa shape index (κ1) is 23.3. The molecule has 1 aliphatic heterocycles. The van der Waals surface area contributed by atoms with Gasteiger partial charge in [0.25, 0.3) is 0 Å². The standard InChI is InChI=1S/C22H24N2O7S/c1-30-20(25)15-6-5-7-16(14-15)23-22(27)24-12-10-17(11-13-24)32(28,29)19-9-4-3-8-18(19)21(26)31-2/h3-9,14,17H,10-13H2,1-2H3,(H,23,27). The first-order chi connectivity index (χ1) is 15.3. The van der Waals surface area contributed by atoms with E-state index in [0.29, 0.717) is 11.3 Å². The number of rotatable bonds is 5. The average molecular weight is 461 g/mol. The fourth-order valence-corrected chi connectivity index (χ4v) is 5.50. The number of urea groups is 1. The summed E-state index contributed by atoms with van der Waals surface area (Å²) < 4.78 is 35.7. The van der Waals surface area contributed by atoms with Gasteiger partial charge in [0, 0.05) is 18.8 Å². The number of esters is 2. The van der Waals surface area contributed by atoms with Crippen LogP contribution in [0.25, 0.3) is 0 Å². The molecule has 0 unspecified atom stereocenters. The third-order valence-electron chi connectivity index (χ3n) is 5.30. The van der Waals surface area contributed by atoms with Crippen molar-refractivity contribution in [2.75, 3.05) is 32.6 Å². The Balaban J connectivity index is 1.67. The SMILES string of the molecule is COC(=O)c1cccc(NC(=O)N2CCC(S(=O)(=O)c3ccccc3C(=O)OC)CC2)c1. The predicted octanol–water partition coefficient (Wildman–Crippen LogP) is 2.73. The monoisotopic (exact) mass is 460 g/mol. The van der Waals surface area contributed by atoms with E-state index in [1.54, 1.807) is 30.3 Å². The number of ether oxygens (including phenoxy) is 2. The number of carbonyl (C=O) groups excluding carboxylic acids is 3. The molecule has 3 rings (SSSR count). The Morgan fingerprint density at radius 3 is 2.25 bits per heavy atom. The lowest BCUT2D eigenvalue weighted by atomic mass is 10.1. The average Bonchev–Trinajstić information content (AvgIpc) is 2.83. The zero-order chi connectivity index (χ0) is 23.3. The van der Waals surface area contributed by atoms with Crippen LogP contribution < -0.4 is 5.32 Å². The molecule has 9 nitrogen and oxygen atoms in total. The molecule has 0 radical (unpaired) electrons. The van der Waals surface area contributed by atoms with Crippen LogP contribution in [0.1, 0.15) is 33.6 Å². The molecule has 170 valence electrons. The summed E-state index contributed by atoms with van der Waals surface area (Å²) in [5.41, 5.74) is 0.736. The van der Waals surface area contributed by atoms with E-state index in [9.17, 15) is 22.8 Å². The van der Waals surface area contributed by atoms with E-state index < -0.39 is 33.1 Å². The molecular weight excluding hydrogens is 436 g/mol. The fraction of sp³-hybridized carbons (Fsp3) is 0.318. The lowest BCUT2D eigenvalue weighted by Gasteiger charge is -2.32. The number of hydrogen-bond donors (Lipinski definition) is 1. The molecule has 1 N–H and O–H groups in total. The topological polar surface area (TPSA) is 119 Å². The predicted molar refractivity (Wildman–Crippen MR) is 116 cm³/mol. The number of sulfone groups is 1. The first-order valence-electron chi connectivity index (χ1n) is 9.93. The number of nitrogens with zero attached hydrogens (tertiary/aromatic N) is 1. The molecule has 1 saturated heterocycles. The molecule has 0 saturated carbocycles. The maximum absolute atomic E-state index is 13.2. The van der Waals surface area contributed by atoms with E-state index in [2.05, 4.69) is 10.1 Å². The number of hydrogen-bond acceptors (Lipinski definition) is 7. The third kappa shape index (κ3) is 4.91. The molecule has 1 heterocycles. The summed E-state index contributed by atoms with van der Waals surface area (Å²) >= 11 is 0. The molecule has 0 aliphatic carbocycles. The van der Waals surface area contributed by atoms with E-state index in [0.717, 1.165) is 0 Å². The summed E-state index contributed by atoms with van der Waals surface area (Å²) in [6.45, 7) is 0.458. The van der Waals surface area contributed by atoms with Crippen LogP contribution in [-0.4, -0.2) is 63.8 Å². The van der Waals surface area contributed by atoms with Crippen LogP contribution in [0, 0.1) is 0 Å². The number of nitrogens with one attached hydrogen (secondary N) is 1. The normalized spacial score (nSPS) is 14.5. The van der Waals surface area contributed by atoms with Gasteiger partial charge >= 0.3 is 18.0 Å². The third-order valence-corrected chi connectivity index (χ3v) is 7.62. The summed E-state index contributed by atoms with van der Waals surface area (Å²) in [5.74, 6) is -1.23. The second kappa shape index (κ2) is 9.82. The Bertz CT molecular complexity index is 1120. The Kier molecular flexibility index (Phi) is 7.14. The van der Waals surface area contributed by atoms with Crippen LogP contribution in [0.3, 0.4) is 0 Å². The van der Waals surface area contributed by atoms with E-state index in [1.165, 1.54) is 37.3 Å². The van der Waals surface area contributed by atoms with Crippen LogP contribution in [0.15, 0.2) is 53.4 Å². The molecule has 32 heavy (non-hydrogen) atoms. The van der Waals surface area contributed by atoms with Gasteiger partial charge in [0.05, 0.1) is 35.5 Å². The second-order valence-corrected chi connectivity index (χ2v) is 9.42. The van der Waals surface area contributed by atoms with Crippen LogP contribution >= 0.6 is 0 Å². The van der Waals surface area contributed by atoms with E-state index in [4.69, 9.17) is 4.74 Å². The van der Waals surface area contributed by atoms with Crippen LogP contribution in [0.4, 0.5) is 10.5 Å². The van der Waals surface area contributed by atoms with Crippen molar-refractivity contribution in [1.82, 2.24) is 4.90 Å². The number of piperidine rings is 1. The van der Waals surface area contributed by atoms with Gasteiger partial charge in [-0.2, -0.15) is 0 Å². The lowest BCUT2D eigenvalue weighted by molar-refractivity contribution is 0.0589. The Hall–Kier alpha value is -3.40. The maximum Gasteiger partial charge on any atom is 0.339 e. The number of methoxy groups -OCH3 is 2. The van der Waals surface area contributed by atoms with E-state index in [-0.39, 0.29) is 36.4 Å². The molecular formula is C22H24N2O7S. The van der Waals surface area contributed by atoms with Gasteiger partial charge in [-0.1, -0.05) is 18.2 Å². The lowest BCUT2D eigenvalue weighted by Crippen LogP contribution is -2.44. The van der Waals surface area contributed by atoms with Crippen molar-refractivity contribution in [3.63, 3.8) is 0 Å². The molecule has 1 aliphatic rings. The molecule has 2 aromatic rings. The minimum absolute atomic E-state index is 0.000612. The number of benzene rings is 2. The molecule has 10 heteroatoms. The van der Waals surface area contributed by atoms with Crippen molar-refractivity contribution < 1.29 is 32.3 Å². The summed E-state index contributed by atoms with van der Waals surface area (Å²) in [6.07, 6.45) is 0.459. The molecule has 1 fully saturated rings. The van der Waals surface area contributed by atoms with Gasteiger partial charge in [-0.15, -0.1) is 0 Å². The summed E-state index contributed by atoms with van der Waals surface area (Å²) in [6, 6.07) is 11.9. The van der Waals surface area contributed by atoms with Gasteiger partial charge in [-0.3, -0.25) is 0 Å². The summed E-state index contributed by atoms with van der Waals surface area (Å²) in [7, 11) is -1.31. The molecule has 0 spiro atoms. The van der Waals surface area contributed by atoms with Crippen molar-refractivity contribution in [2.45, 2.75) is 23.0 Å². The highest BCUT2D eigenvalue weighted by atomic mass is 32.2. The maximum atomic E-state index is 13.2. The highest BCUT2D eigenvalue weighted by molar-refractivity contribution is 7.92. The van der Waals surface area contributed by atoms with Crippen LogP contribution in [0.2, 0.25) is 0 Å². The first-order valence-corrected chi connectivity index (χ1v) is 11.5. The number of amides is 2. The Morgan fingerprint density at radius 1 is 0.938 bits per heavy atom.